The van der Waals surface area contributed by atoms with Gasteiger partial charge in [-0.05, 0) is 36.8 Å². The number of hydrogen-bond donors (Lipinski definition) is 1. The van der Waals surface area contributed by atoms with Crippen molar-refractivity contribution in [1.82, 2.24) is 9.88 Å². The zero-order chi connectivity index (χ0) is 19.3. The first kappa shape index (κ1) is 17.9. The second kappa shape index (κ2) is 8.00. The van der Waals surface area contributed by atoms with Crippen molar-refractivity contribution in [1.29, 1.82) is 0 Å². The molecule has 1 aromatic heterocycles. The Kier molecular flexibility index (Phi) is 5.10. The number of nitrogens with one attached hydrogen (secondary N) is 1. The summed E-state index contributed by atoms with van der Waals surface area (Å²) in [6.07, 6.45) is 1.60. The lowest BCUT2D eigenvalue weighted by molar-refractivity contribution is 0.0752. The third-order valence-corrected chi connectivity index (χ3v) is 4.54. The zero-order valence-electron chi connectivity index (χ0n) is 15.6. The molecule has 4 rings (SSSR count). The highest BCUT2D eigenvalue weighted by Crippen LogP contribution is 2.34. The molecule has 28 heavy (non-hydrogen) atoms. The molecular formula is C22H21N3O3. The van der Waals surface area contributed by atoms with E-state index in [0.29, 0.717) is 30.2 Å². The van der Waals surface area contributed by atoms with Gasteiger partial charge in [-0.3, -0.25) is 4.79 Å². The van der Waals surface area contributed by atoms with Gasteiger partial charge in [0.05, 0.1) is 5.56 Å². The molecule has 0 unspecified atom stereocenters. The molecule has 0 saturated heterocycles. The van der Waals surface area contributed by atoms with Gasteiger partial charge in [-0.15, -0.1) is 0 Å². The van der Waals surface area contributed by atoms with Crippen LogP contribution < -0.4 is 14.8 Å². The van der Waals surface area contributed by atoms with E-state index in [9.17, 15) is 4.79 Å². The lowest BCUT2D eigenvalue weighted by Gasteiger charge is -2.21. The van der Waals surface area contributed by atoms with Crippen LogP contribution in [0.3, 0.4) is 0 Å². The second-order valence-electron chi connectivity index (χ2n) is 6.43. The van der Waals surface area contributed by atoms with E-state index in [1.807, 2.05) is 55.5 Å². The summed E-state index contributed by atoms with van der Waals surface area (Å²) in [4.78, 5) is 19.0. The Morgan fingerprint density at radius 3 is 2.64 bits per heavy atom. The molecule has 2 heterocycles. The Bertz CT molecular complexity index is 959. The Morgan fingerprint density at radius 1 is 1.07 bits per heavy atom. The Morgan fingerprint density at radius 2 is 1.89 bits per heavy atom. The van der Waals surface area contributed by atoms with Crippen molar-refractivity contribution < 1.29 is 14.3 Å². The van der Waals surface area contributed by atoms with Crippen LogP contribution in [0.1, 0.15) is 22.8 Å². The topological polar surface area (TPSA) is 63.7 Å². The molecule has 0 radical (unpaired) electrons. The molecule has 142 valence electrons. The number of carbonyl (C=O) groups is 1. The molecule has 6 nitrogen and oxygen atoms in total. The number of benzene rings is 2. The molecule has 0 bridgehead atoms. The smallest absolute Gasteiger partial charge is 0.255 e. The summed E-state index contributed by atoms with van der Waals surface area (Å²) in [7, 11) is 0. The van der Waals surface area contributed by atoms with Gasteiger partial charge >= 0.3 is 0 Å². The fourth-order valence-corrected chi connectivity index (χ4v) is 3.03. The monoisotopic (exact) mass is 375 g/mol. The summed E-state index contributed by atoms with van der Waals surface area (Å²) in [5.41, 5.74) is 2.51. The molecular weight excluding hydrogens is 354 g/mol. The zero-order valence-corrected chi connectivity index (χ0v) is 15.6. The maximum absolute atomic E-state index is 12.8. The second-order valence-corrected chi connectivity index (χ2v) is 6.43. The predicted octanol–water partition coefficient (Wildman–Crippen LogP) is 4.22. The summed E-state index contributed by atoms with van der Waals surface area (Å²) < 4.78 is 10.7. The average Bonchev–Trinajstić information content (AvgIpc) is 3.21. The number of anilines is 2. The van der Waals surface area contributed by atoms with Crippen LogP contribution in [0.2, 0.25) is 0 Å². The molecule has 0 aliphatic carbocycles. The highest BCUT2D eigenvalue weighted by molar-refractivity contribution is 5.94. The first-order chi connectivity index (χ1) is 13.7. The molecule has 1 N–H and O–H groups in total. The fourth-order valence-electron chi connectivity index (χ4n) is 3.03. The molecule has 3 aromatic rings. The summed E-state index contributed by atoms with van der Waals surface area (Å²) in [5, 5.41) is 3.21. The third-order valence-electron chi connectivity index (χ3n) is 4.54. The van der Waals surface area contributed by atoms with Crippen molar-refractivity contribution in [3.05, 3.63) is 78.0 Å². The van der Waals surface area contributed by atoms with Gasteiger partial charge in [0.2, 0.25) is 6.79 Å². The minimum atomic E-state index is -0.0338. The van der Waals surface area contributed by atoms with Crippen LogP contribution in [-0.2, 0) is 6.54 Å². The standard InChI is InChI=1S/C22H21N3O3/c1-2-25(14-16-6-4-3-5-7-16)22(26)17-8-11-21(23-13-17)24-18-9-10-19-20(12-18)28-15-27-19/h3-13H,2,14-15H2,1H3,(H,23,24). The van der Waals surface area contributed by atoms with Gasteiger partial charge in [-0.2, -0.15) is 0 Å². The molecule has 1 aliphatic heterocycles. The van der Waals surface area contributed by atoms with E-state index in [0.717, 1.165) is 17.0 Å². The fraction of sp³-hybridized carbons (Fsp3) is 0.182. The van der Waals surface area contributed by atoms with Crippen LogP contribution in [0, 0.1) is 0 Å². The lowest BCUT2D eigenvalue weighted by Crippen LogP contribution is -2.30. The molecule has 0 fully saturated rings. The number of nitrogens with zero attached hydrogens (tertiary/aromatic N) is 2. The van der Waals surface area contributed by atoms with Crippen LogP contribution in [0.15, 0.2) is 66.9 Å². The average molecular weight is 375 g/mol. The van der Waals surface area contributed by atoms with Gasteiger partial charge in [0.25, 0.3) is 5.91 Å². The van der Waals surface area contributed by atoms with Crippen molar-refractivity contribution in [2.45, 2.75) is 13.5 Å². The van der Waals surface area contributed by atoms with Crippen LogP contribution >= 0.6 is 0 Å². The number of ether oxygens (including phenoxy) is 2. The third kappa shape index (κ3) is 3.91. The van der Waals surface area contributed by atoms with E-state index < -0.39 is 0 Å². The Hall–Kier alpha value is -3.54. The van der Waals surface area contributed by atoms with Gasteiger partial charge in [-0.1, -0.05) is 30.3 Å². The van der Waals surface area contributed by atoms with E-state index >= 15 is 0 Å². The molecule has 0 saturated carbocycles. The van der Waals surface area contributed by atoms with E-state index in [1.54, 1.807) is 23.2 Å². The summed E-state index contributed by atoms with van der Waals surface area (Å²) >= 11 is 0. The van der Waals surface area contributed by atoms with E-state index in [2.05, 4.69) is 10.3 Å². The number of aromatic nitrogens is 1. The Balaban J connectivity index is 1.44. The van der Waals surface area contributed by atoms with Crippen LogP contribution in [0.5, 0.6) is 11.5 Å². The number of hydrogen-bond acceptors (Lipinski definition) is 5. The summed E-state index contributed by atoms with van der Waals surface area (Å²) in [6.45, 7) is 3.42. The Labute approximate surface area is 163 Å². The summed E-state index contributed by atoms with van der Waals surface area (Å²) in [5.74, 6) is 2.06. The van der Waals surface area contributed by atoms with Crippen molar-refractivity contribution in [2.75, 3.05) is 18.7 Å². The van der Waals surface area contributed by atoms with Crippen LogP contribution in [-0.4, -0.2) is 29.1 Å². The van der Waals surface area contributed by atoms with Gasteiger partial charge in [-0.25, -0.2) is 4.98 Å². The van der Waals surface area contributed by atoms with Crippen LogP contribution in [0.4, 0.5) is 11.5 Å². The molecule has 0 atom stereocenters. The molecule has 6 heteroatoms. The van der Waals surface area contributed by atoms with Gasteiger partial charge in [0.15, 0.2) is 11.5 Å². The summed E-state index contributed by atoms with van der Waals surface area (Å²) in [6, 6.07) is 19.2. The number of carbonyl (C=O) groups excluding carboxylic acids is 1. The maximum atomic E-state index is 12.8. The van der Waals surface area contributed by atoms with E-state index in [4.69, 9.17) is 9.47 Å². The first-order valence-corrected chi connectivity index (χ1v) is 9.19. The number of amides is 1. The first-order valence-electron chi connectivity index (χ1n) is 9.19. The number of pyridine rings is 1. The highest BCUT2D eigenvalue weighted by Gasteiger charge is 2.16. The lowest BCUT2D eigenvalue weighted by atomic mass is 10.2. The molecule has 0 spiro atoms. The minimum Gasteiger partial charge on any atom is -0.454 e. The molecule has 2 aromatic carbocycles. The molecule has 1 amide bonds. The quantitative estimate of drug-likeness (QED) is 0.699. The van der Waals surface area contributed by atoms with Gasteiger partial charge < -0.3 is 19.7 Å². The maximum Gasteiger partial charge on any atom is 0.255 e. The number of rotatable bonds is 6. The number of fused-ring (bicyclic) bond motifs is 1. The van der Waals surface area contributed by atoms with Gasteiger partial charge in [0.1, 0.15) is 5.82 Å². The van der Waals surface area contributed by atoms with Gasteiger partial charge in [0, 0.05) is 31.0 Å². The highest BCUT2D eigenvalue weighted by atomic mass is 16.7. The minimum absolute atomic E-state index is 0.0338. The predicted molar refractivity (Wildman–Crippen MR) is 107 cm³/mol. The van der Waals surface area contributed by atoms with Crippen molar-refractivity contribution in [3.8, 4) is 11.5 Å². The van der Waals surface area contributed by atoms with E-state index in [-0.39, 0.29) is 12.7 Å². The van der Waals surface area contributed by atoms with Crippen molar-refractivity contribution >= 4 is 17.4 Å². The SMILES string of the molecule is CCN(Cc1ccccc1)C(=O)c1ccc(Nc2ccc3c(c2)OCO3)nc1. The normalized spacial score (nSPS) is 11.9. The van der Waals surface area contributed by atoms with E-state index in [1.165, 1.54) is 0 Å². The van der Waals surface area contributed by atoms with Crippen LogP contribution in [0.25, 0.3) is 0 Å². The molecule has 1 aliphatic rings. The van der Waals surface area contributed by atoms with Crippen molar-refractivity contribution in [3.63, 3.8) is 0 Å². The largest absolute Gasteiger partial charge is 0.454 e. The van der Waals surface area contributed by atoms with Crippen molar-refractivity contribution in [2.24, 2.45) is 0 Å².